The molecule has 116 valence electrons. The maximum Gasteiger partial charge on any atom is 0.272 e. The molecule has 2 aromatic carbocycles. The summed E-state index contributed by atoms with van der Waals surface area (Å²) in [6.07, 6.45) is 0. The molecule has 2 aromatic rings. The fraction of sp³-hybridized carbons (Fsp3) is 0.125. The number of aryl methyl sites for hydroxylation is 1. The Bertz CT molecular complexity index is 796. The Morgan fingerprint density at radius 3 is 2.78 bits per heavy atom. The highest BCUT2D eigenvalue weighted by atomic mass is 16.6. The van der Waals surface area contributed by atoms with Gasteiger partial charge in [-0.05, 0) is 37.3 Å². The molecule has 0 aliphatic carbocycles. The van der Waals surface area contributed by atoms with Crippen LogP contribution < -0.4 is 10.1 Å². The van der Waals surface area contributed by atoms with E-state index in [2.05, 4.69) is 5.32 Å². The molecule has 0 radical (unpaired) electrons. The number of rotatable bonds is 5. The Balaban J connectivity index is 1.95. The number of carbonyl (C=O) groups excluding carboxylic acids is 1. The summed E-state index contributed by atoms with van der Waals surface area (Å²) in [6, 6.07) is 12.8. The molecule has 0 aliphatic rings. The monoisotopic (exact) mass is 311 g/mol. The lowest BCUT2D eigenvalue weighted by Gasteiger charge is -2.08. The molecule has 0 unspecified atom stereocenters. The van der Waals surface area contributed by atoms with Crippen molar-refractivity contribution in [2.45, 2.75) is 6.92 Å². The Labute approximate surface area is 132 Å². The number of nitrogens with zero attached hydrogens (tertiary/aromatic N) is 2. The first-order valence-corrected chi connectivity index (χ1v) is 6.67. The number of nitriles is 1. The third-order valence-electron chi connectivity index (χ3n) is 3.01. The van der Waals surface area contributed by atoms with Gasteiger partial charge in [0.25, 0.3) is 11.6 Å². The van der Waals surface area contributed by atoms with Gasteiger partial charge in [-0.15, -0.1) is 0 Å². The van der Waals surface area contributed by atoms with Crippen molar-refractivity contribution in [3.8, 4) is 11.8 Å². The third-order valence-corrected chi connectivity index (χ3v) is 3.01. The molecule has 0 spiro atoms. The van der Waals surface area contributed by atoms with Crippen LogP contribution in [-0.2, 0) is 4.79 Å². The van der Waals surface area contributed by atoms with E-state index in [9.17, 15) is 14.9 Å². The molecule has 7 heteroatoms. The topological polar surface area (TPSA) is 105 Å². The summed E-state index contributed by atoms with van der Waals surface area (Å²) in [7, 11) is 0. The predicted octanol–water partition coefficient (Wildman–Crippen LogP) is 2.79. The second kappa shape index (κ2) is 7.04. The first kappa shape index (κ1) is 16.0. The number of nitro benzene ring substituents is 1. The standard InChI is InChI=1S/C16H13N3O4/c1-11-7-14(5-6-15(11)19(21)22)23-10-16(20)18-13-4-2-3-12(8-13)9-17/h2-8H,10H2,1H3,(H,18,20). The lowest BCUT2D eigenvalue weighted by atomic mass is 10.2. The number of amides is 1. The van der Waals surface area contributed by atoms with Crippen LogP contribution in [0, 0.1) is 28.4 Å². The molecule has 0 aromatic heterocycles. The van der Waals surface area contributed by atoms with Crippen LogP contribution in [0.5, 0.6) is 5.75 Å². The summed E-state index contributed by atoms with van der Waals surface area (Å²) < 4.78 is 5.31. The zero-order valence-corrected chi connectivity index (χ0v) is 12.3. The summed E-state index contributed by atoms with van der Waals surface area (Å²) in [4.78, 5) is 22.1. The van der Waals surface area contributed by atoms with Gasteiger partial charge in [0.05, 0.1) is 16.6 Å². The maximum atomic E-state index is 11.8. The highest BCUT2D eigenvalue weighted by Gasteiger charge is 2.11. The molecule has 0 atom stereocenters. The summed E-state index contributed by atoms with van der Waals surface area (Å²) in [5, 5.41) is 22.1. The molecule has 7 nitrogen and oxygen atoms in total. The molecule has 0 bridgehead atoms. The third kappa shape index (κ3) is 4.28. The molecule has 1 amide bonds. The van der Waals surface area contributed by atoms with Crippen LogP contribution in [0.25, 0.3) is 0 Å². The van der Waals surface area contributed by atoms with Gasteiger partial charge in [-0.3, -0.25) is 14.9 Å². The van der Waals surface area contributed by atoms with Crippen LogP contribution in [0.2, 0.25) is 0 Å². The van der Waals surface area contributed by atoms with Crippen molar-refractivity contribution in [2.24, 2.45) is 0 Å². The average Bonchev–Trinajstić information content (AvgIpc) is 2.53. The van der Waals surface area contributed by atoms with E-state index in [0.29, 0.717) is 22.6 Å². The Morgan fingerprint density at radius 1 is 1.35 bits per heavy atom. The van der Waals surface area contributed by atoms with E-state index in [1.165, 1.54) is 18.2 Å². The van der Waals surface area contributed by atoms with Gasteiger partial charge in [0, 0.05) is 17.3 Å². The maximum absolute atomic E-state index is 11.8. The highest BCUT2D eigenvalue weighted by Crippen LogP contribution is 2.23. The summed E-state index contributed by atoms with van der Waals surface area (Å²) in [6.45, 7) is 1.35. The fourth-order valence-electron chi connectivity index (χ4n) is 1.94. The first-order valence-electron chi connectivity index (χ1n) is 6.67. The molecular weight excluding hydrogens is 298 g/mol. The minimum atomic E-state index is -0.478. The van der Waals surface area contributed by atoms with E-state index in [-0.39, 0.29) is 12.3 Å². The zero-order valence-electron chi connectivity index (χ0n) is 12.3. The van der Waals surface area contributed by atoms with Crippen molar-refractivity contribution in [1.29, 1.82) is 5.26 Å². The number of nitrogens with one attached hydrogen (secondary N) is 1. The SMILES string of the molecule is Cc1cc(OCC(=O)Nc2cccc(C#N)c2)ccc1[N+](=O)[O-]. The van der Waals surface area contributed by atoms with Gasteiger partial charge < -0.3 is 10.1 Å². The van der Waals surface area contributed by atoms with Crippen molar-refractivity contribution < 1.29 is 14.5 Å². The van der Waals surface area contributed by atoms with Gasteiger partial charge in [-0.2, -0.15) is 5.26 Å². The van der Waals surface area contributed by atoms with E-state index in [1.54, 1.807) is 31.2 Å². The van der Waals surface area contributed by atoms with Crippen LogP contribution in [0.15, 0.2) is 42.5 Å². The lowest BCUT2D eigenvalue weighted by Crippen LogP contribution is -2.20. The molecule has 0 saturated carbocycles. The minimum absolute atomic E-state index is 0.00452. The second-order valence-electron chi connectivity index (χ2n) is 4.73. The van der Waals surface area contributed by atoms with Gasteiger partial charge in [0.15, 0.2) is 6.61 Å². The summed E-state index contributed by atoms with van der Waals surface area (Å²) in [5.74, 6) is -0.0230. The molecule has 23 heavy (non-hydrogen) atoms. The van der Waals surface area contributed by atoms with Gasteiger partial charge in [0.2, 0.25) is 0 Å². The number of ether oxygens (including phenoxy) is 1. The molecule has 0 fully saturated rings. The van der Waals surface area contributed by atoms with Crippen LogP contribution in [0.1, 0.15) is 11.1 Å². The molecule has 0 heterocycles. The minimum Gasteiger partial charge on any atom is -0.484 e. The van der Waals surface area contributed by atoms with Crippen molar-refractivity contribution in [1.82, 2.24) is 0 Å². The largest absolute Gasteiger partial charge is 0.484 e. The van der Waals surface area contributed by atoms with Gasteiger partial charge in [0.1, 0.15) is 5.75 Å². The van der Waals surface area contributed by atoms with E-state index in [1.807, 2.05) is 6.07 Å². The van der Waals surface area contributed by atoms with Crippen molar-refractivity contribution >= 4 is 17.3 Å². The first-order chi connectivity index (χ1) is 11.0. The molecule has 0 saturated heterocycles. The van der Waals surface area contributed by atoms with E-state index in [4.69, 9.17) is 10.00 Å². The number of hydrogen-bond acceptors (Lipinski definition) is 5. The van der Waals surface area contributed by atoms with Gasteiger partial charge in [-0.1, -0.05) is 6.07 Å². The quantitative estimate of drug-likeness (QED) is 0.675. The number of benzene rings is 2. The van der Waals surface area contributed by atoms with Gasteiger partial charge >= 0.3 is 0 Å². The smallest absolute Gasteiger partial charge is 0.272 e. The Hall–Kier alpha value is -3.40. The predicted molar refractivity (Wildman–Crippen MR) is 83.1 cm³/mol. The van der Waals surface area contributed by atoms with E-state index >= 15 is 0 Å². The van der Waals surface area contributed by atoms with Gasteiger partial charge in [-0.25, -0.2) is 0 Å². The molecule has 1 N–H and O–H groups in total. The van der Waals surface area contributed by atoms with E-state index < -0.39 is 10.8 Å². The van der Waals surface area contributed by atoms with E-state index in [0.717, 1.165) is 0 Å². The van der Waals surface area contributed by atoms with Crippen LogP contribution in [0.3, 0.4) is 0 Å². The summed E-state index contributed by atoms with van der Waals surface area (Å²) >= 11 is 0. The normalized spacial score (nSPS) is 9.74. The zero-order chi connectivity index (χ0) is 16.8. The van der Waals surface area contributed by atoms with Crippen LogP contribution in [-0.4, -0.2) is 17.4 Å². The van der Waals surface area contributed by atoms with Crippen molar-refractivity contribution in [3.63, 3.8) is 0 Å². The van der Waals surface area contributed by atoms with Crippen molar-refractivity contribution in [2.75, 3.05) is 11.9 Å². The molecule has 0 aliphatic heterocycles. The number of carbonyl (C=O) groups is 1. The second-order valence-corrected chi connectivity index (χ2v) is 4.73. The molecular formula is C16H13N3O4. The van der Waals surface area contributed by atoms with Crippen LogP contribution in [0.4, 0.5) is 11.4 Å². The number of anilines is 1. The lowest BCUT2D eigenvalue weighted by molar-refractivity contribution is -0.385. The Morgan fingerprint density at radius 2 is 2.13 bits per heavy atom. The van der Waals surface area contributed by atoms with Crippen molar-refractivity contribution in [3.05, 3.63) is 63.7 Å². The highest BCUT2D eigenvalue weighted by molar-refractivity contribution is 5.92. The Kier molecular flexibility index (Phi) is 4.89. The fourth-order valence-corrected chi connectivity index (χ4v) is 1.94. The number of nitro groups is 1. The molecule has 2 rings (SSSR count). The van der Waals surface area contributed by atoms with Crippen LogP contribution >= 0.6 is 0 Å². The number of hydrogen-bond donors (Lipinski definition) is 1. The average molecular weight is 311 g/mol. The summed E-state index contributed by atoms with van der Waals surface area (Å²) in [5.41, 5.74) is 1.39.